The van der Waals surface area contributed by atoms with Crippen LogP contribution in [0.3, 0.4) is 0 Å². The van der Waals surface area contributed by atoms with Crippen LogP contribution >= 0.6 is 0 Å². The van der Waals surface area contributed by atoms with Gasteiger partial charge in [0, 0.05) is 49.4 Å². The summed E-state index contributed by atoms with van der Waals surface area (Å²) in [6.07, 6.45) is 3.29. The fourth-order valence-electron chi connectivity index (χ4n) is 6.87. The Morgan fingerprint density at radius 1 is 0.849 bits per heavy atom. The van der Waals surface area contributed by atoms with E-state index in [1.54, 1.807) is 31.2 Å². The van der Waals surface area contributed by atoms with Crippen molar-refractivity contribution in [1.29, 1.82) is 0 Å². The Hall–Kier alpha value is -6.44. The molecular formula is C39H35N7O7. The van der Waals surface area contributed by atoms with Crippen molar-refractivity contribution in [1.82, 2.24) is 30.6 Å². The Labute approximate surface area is 303 Å². The molecule has 2 aliphatic heterocycles. The van der Waals surface area contributed by atoms with Crippen LogP contribution < -0.4 is 20.1 Å². The van der Waals surface area contributed by atoms with Crippen molar-refractivity contribution < 1.29 is 33.1 Å². The summed E-state index contributed by atoms with van der Waals surface area (Å²) in [5.74, 6) is 0.436. The standard InChI is InChI=1S/C39H35N7O7/c1-21-43-45-36(51-21)22-16-34(44-40-20-22)53-28-11-6-24(7-12-28)39(2,3)23-4-9-27(10-5-23)52-29-17-26(18-29)41-25-8-13-30-31(19-25)38(50)46(37(30)49)32-14-15-33(47)42-35(32)48/h4-13,16,19-20,26,29,32,41H,14-15,17-18H2,1-3H3,(H,42,47,48)/t26-,29-,32?. The monoisotopic (exact) mass is 713 g/mol. The smallest absolute Gasteiger partial charge is 0.262 e. The quantitative estimate of drug-likeness (QED) is 0.177. The molecule has 2 fully saturated rings. The number of aromatic nitrogens is 4. The molecule has 2 N–H and O–H groups in total. The van der Waals surface area contributed by atoms with Gasteiger partial charge in [0.25, 0.3) is 11.8 Å². The van der Waals surface area contributed by atoms with E-state index in [2.05, 4.69) is 57.0 Å². The number of benzene rings is 3. The maximum Gasteiger partial charge on any atom is 0.262 e. The molecule has 1 aliphatic carbocycles. The number of ether oxygens (including phenoxy) is 2. The van der Waals surface area contributed by atoms with Gasteiger partial charge in [0.1, 0.15) is 23.6 Å². The summed E-state index contributed by atoms with van der Waals surface area (Å²) in [6.45, 7) is 6.05. The molecule has 3 aromatic carbocycles. The first-order valence-corrected chi connectivity index (χ1v) is 17.3. The number of carbonyl (C=O) groups excluding carboxylic acids is 4. The minimum Gasteiger partial charge on any atom is -0.490 e. The maximum atomic E-state index is 13.2. The molecule has 2 aromatic heterocycles. The van der Waals surface area contributed by atoms with Gasteiger partial charge < -0.3 is 19.2 Å². The molecule has 5 aromatic rings. The number of aryl methyl sites for hydroxylation is 1. The Balaban J connectivity index is 0.839. The zero-order valence-corrected chi connectivity index (χ0v) is 29.2. The van der Waals surface area contributed by atoms with Crippen LogP contribution in [-0.4, -0.2) is 67.1 Å². The van der Waals surface area contributed by atoms with E-state index in [9.17, 15) is 19.2 Å². The molecule has 0 radical (unpaired) electrons. The van der Waals surface area contributed by atoms with E-state index in [1.165, 1.54) is 6.20 Å². The van der Waals surface area contributed by atoms with E-state index in [0.29, 0.717) is 34.7 Å². The summed E-state index contributed by atoms with van der Waals surface area (Å²) in [5, 5.41) is 21.6. The number of amides is 4. The fourth-order valence-corrected chi connectivity index (χ4v) is 6.87. The van der Waals surface area contributed by atoms with Crippen molar-refractivity contribution in [2.45, 2.75) is 70.1 Å². The lowest BCUT2D eigenvalue weighted by Crippen LogP contribution is -2.54. The predicted octanol–water partition coefficient (Wildman–Crippen LogP) is 5.38. The zero-order valence-electron chi connectivity index (χ0n) is 29.2. The van der Waals surface area contributed by atoms with Gasteiger partial charge in [-0.2, -0.15) is 5.10 Å². The average Bonchev–Trinajstić information content (AvgIpc) is 3.67. The Bertz CT molecular complexity index is 2250. The molecule has 0 bridgehead atoms. The minimum absolute atomic E-state index is 0.0288. The largest absolute Gasteiger partial charge is 0.490 e. The molecule has 14 nitrogen and oxygen atoms in total. The van der Waals surface area contributed by atoms with Gasteiger partial charge in [-0.1, -0.05) is 38.1 Å². The lowest BCUT2D eigenvalue weighted by molar-refractivity contribution is -0.136. The highest BCUT2D eigenvalue weighted by molar-refractivity contribution is 6.23. The molecule has 53 heavy (non-hydrogen) atoms. The van der Waals surface area contributed by atoms with Crippen LogP contribution in [0, 0.1) is 6.92 Å². The van der Waals surface area contributed by atoms with Crippen molar-refractivity contribution in [3.63, 3.8) is 0 Å². The van der Waals surface area contributed by atoms with Crippen molar-refractivity contribution in [2.75, 3.05) is 5.32 Å². The molecule has 268 valence electrons. The first-order chi connectivity index (χ1) is 25.5. The summed E-state index contributed by atoms with van der Waals surface area (Å²) in [7, 11) is 0. The summed E-state index contributed by atoms with van der Waals surface area (Å²) in [4.78, 5) is 51.1. The van der Waals surface area contributed by atoms with Crippen LogP contribution in [0.25, 0.3) is 11.5 Å². The summed E-state index contributed by atoms with van der Waals surface area (Å²) < 4.78 is 17.7. The second-order valence-corrected chi connectivity index (χ2v) is 13.9. The van der Waals surface area contributed by atoms with E-state index in [0.717, 1.165) is 34.6 Å². The Kier molecular flexibility index (Phi) is 8.44. The molecule has 1 saturated carbocycles. The number of nitrogens with one attached hydrogen (secondary N) is 2. The highest BCUT2D eigenvalue weighted by Crippen LogP contribution is 2.36. The Morgan fingerprint density at radius 2 is 1.55 bits per heavy atom. The molecule has 1 unspecified atom stereocenters. The van der Waals surface area contributed by atoms with Crippen LogP contribution in [0.15, 0.2) is 83.4 Å². The number of anilines is 1. The second kappa shape index (κ2) is 13.3. The number of nitrogens with zero attached hydrogens (tertiary/aromatic N) is 5. The average molecular weight is 714 g/mol. The minimum atomic E-state index is -0.992. The normalized spacial score (nSPS) is 19.8. The molecule has 8 rings (SSSR count). The van der Waals surface area contributed by atoms with Gasteiger partial charge in [0.2, 0.25) is 29.5 Å². The van der Waals surface area contributed by atoms with Crippen LogP contribution in [0.2, 0.25) is 0 Å². The van der Waals surface area contributed by atoms with E-state index in [-0.39, 0.29) is 41.5 Å². The number of fused-ring (bicyclic) bond motifs is 1. The SMILES string of the molecule is Cc1nnc(-c2cnnc(Oc3ccc(C(C)(C)c4ccc(O[C@H]5C[C@H](Nc6ccc7c(c6)C(=O)N(C6CCC(=O)NC6=O)C7=O)C5)cc4)cc3)c2)o1. The third kappa shape index (κ3) is 6.59. The van der Waals surface area contributed by atoms with E-state index < -0.39 is 29.7 Å². The van der Waals surface area contributed by atoms with Crippen molar-refractivity contribution >= 4 is 29.3 Å². The summed E-state index contributed by atoms with van der Waals surface area (Å²) >= 11 is 0. The number of carbonyl (C=O) groups is 4. The van der Waals surface area contributed by atoms with Gasteiger partial charge in [0.05, 0.1) is 22.9 Å². The number of piperidine rings is 1. The van der Waals surface area contributed by atoms with Crippen molar-refractivity contribution in [3.8, 4) is 28.8 Å². The second-order valence-electron chi connectivity index (χ2n) is 13.9. The molecule has 14 heteroatoms. The first-order valence-electron chi connectivity index (χ1n) is 17.3. The molecular weight excluding hydrogens is 678 g/mol. The molecule has 4 heterocycles. The van der Waals surface area contributed by atoms with Crippen LogP contribution in [0.1, 0.15) is 77.3 Å². The first kappa shape index (κ1) is 33.7. The lowest BCUT2D eigenvalue weighted by atomic mass is 9.78. The van der Waals surface area contributed by atoms with Gasteiger partial charge >= 0.3 is 0 Å². The molecule has 1 atom stereocenters. The molecule has 4 amide bonds. The van der Waals surface area contributed by atoms with Crippen molar-refractivity contribution in [3.05, 3.63) is 107 Å². The molecule has 3 aliphatic rings. The Morgan fingerprint density at radius 3 is 2.23 bits per heavy atom. The zero-order chi connectivity index (χ0) is 36.9. The number of hydrogen-bond acceptors (Lipinski definition) is 12. The number of rotatable bonds is 10. The van der Waals surface area contributed by atoms with Crippen LogP contribution in [0.4, 0.5) is 5.69 Å². The summed E-state index contributed by atoms with van der Waals surface area (Å²) in [5.41, 5.74) is 3.77. The van der Waals surface area contributed by atoms with Gasteiger partial charge in [-0.3, -0.25) is 29.4 Å². The van der Waals surface area contributed by atoms with Crippen LogP contribution in [0.5, 0.6) is 17.4 Å². The van der Waals surface area contributed by atoms with Crippen LogP contribution in [-0.2, 0) is 15.0 Å². The fraction of sp³-hybridized carbons (Fsp3) is 0.282. The van der Waals surface area contributed by atoms with Gasteiger partial charge in [0.15, 0.2) is 0 Å². The predicted molar refractivity (Wildman–Crippen MR) is 189 cm³/mol. The maximum absolute atomic E-state index is 13.2. The number of imide groups is 2. The van der Waals surface area contributed by atoms with Gasteiger partial charge in [-0.05, 0) is 60.0 Å². The third-order valence-corrected chi connectivity index (χ3v) is 9.99. The highest BCUT2D eigenvalue weighted by Gasteiger charge is 2.45. The summed E-state index contributed by atoms with van der Waals surface area (Å²) in [6, 6.07) is 21.9. The van der Waals surface area contributed by atoms with Gasteiger partial charge in [-0.25, -0.2) is 0 Å². The molecule has 0 spiro atoms. The third-order valence-electron chi connectivity index (χ3n) is 9.99. The molecule has 1 saturated heterocycles. The van der Waals surface area contributed by atoms with Crippen molar-refractivity contribution in [2.24, 2.45) is 0 Å². The van der Waals surface area contributed by atoms with E-state index in [4.69, 9.17) is 13.9 Å². The lowest BCUT2D eigenvalue weighted by Gasteiger charge is -2.36. The van der Waals surface area contributed by atoms with Gasteiger partial charge in [-0.15, -0.1) is 15.3 Å². The van der Waals surface area contributed by atoms with E-state index >= 15 is 0 Å². The highest BCUT2D eigenvalue weighted by atomic mass is 16.5. The van der Waals surface area contributed by atoms with E-state index in [1.807, 2.05) is 36.4 Å². The number of hydrogen-bond donors (Lipinski definition) is 2. The topological polar surface area (TPSA) is 179 Å².